The van der Waals surface area contributed by atoms with Crippen molar-refractivity contribution in [3.63, 3.8) is 0 Å². The van der Waals surface area contributed by atoms with Gasteiger partial charge < -0.3 is 9.47 Å². The lowest BCUT2D eigenvalue weighted by atomic mass is 10.0. The number of hydrogen-bond donors (Lipinski definition) is 0. The first kappa shape index (κ1) is 22.2. The lowest BCUT2D eigenvalue weighted by Gasteiger charge is -2.12. The Morgan fingerprint density at radius 2 is 1.55 bits per heavy atom. The maximum absolute atomic E-state index is 5.73. The number of benzene rings is 2. The van der Waals surface area contributed by atoms with E-state index in [2.05, 4.69) is 18.5 Å². The highest BCUT2D eigenvalue weighted by Gasteiger charge is 2.04. The highest BCUT2D eigenvalue weighted by atomic mass is 16.5. The molecule has 152 valence electrons. The number of allylic oxidation sites excluding steroid dienone is 3. The molecule has 2 rings (SSSR count). The minimum absolute atomic E-state index is 0.166. The summed E-state index contributed by atoms with van der Waals surface area (Å²) in [7, 11) is 0. The van der Waals surface area contributed by atoms with Crippen LogP contribution in [0.3, 0.4) is 0 Å². The number of ether oxygens (including phenoxy) is 2. The van der Waals surface area contributed by atoms with Crippen molar-refractivity contribution in [3.05, 3.63) is 84.1 Å². The van der Waals surface area contributed by atoms with Crippen LogP contribution in [0.25, 0.3) is 11.6 Å². The van der Waals surface area contributed by atoms with Crippen LogP contribution in [0.5, 0.6) is 11.5 Å². The Bertz CT molecular complexity index is 887. The van der Waals surface area contributed by atoms with Crippen LogP contribution in [-0.4, -0.2) is 18.4 Å². The van der Waals surface area contributed by atoms with E-state index in [9.17, 15) is 0 Å². The lowest BCUT2D eigenvalue weighted by Crippen LogP contribution is -2.05. The van der Waals surface area contributed by atoms with Gasteiger partial charge in [-0.3, -0.25) is 4.99 Å². The Labute approximate surface area is 175 Å². The third kappa shape index (κ3) is 7.82. The molecule has 0 amide bonds. The van der Waals surface area contributed by atoms with Gasteiger partial charge in [0.25, 0.3) is 0 Å². The molecule has 0 atom stereocenters. The van der Waals surface area contributed by atoms with Crippen LogP contribution in [0.1, 0.15) is 44.4 Å². The summed E-state index contributed by atoms with van der Waals surface area (Å²) in [5.74, 6) is 1.76. The highest BCUT2D eigenvalue weighted by Crippen LogP contribution is 2.24. The van der Waals surface area contributed by atoms with Gasteiger partial charge in [-0.2, -0.15) is 0 Å². The average Bonchev–Trinajstić information content (AvgIpc) is 2.65. The summed E-state index contributed by atoms with van der Waals surface area (Å²) in [6.07, 6.45) is 9.68. The molecule has 3 heteroatoms. The van der Waals surface area contributed by atoms with E-state index in [0.717, 1.165) is 33.8 Å². The zero-order valence-corrected chi connectivity index (χ0v) is 18.1. The van der Waals surface area contributed by atoms with Crippen molar-refractivity contribution in [1.82, 2.24) is 0 Å². The van der Waals surface area contributed by atoms with Crippen LogP contribution in [0.4, 0.5) is 0 Å². The molecule has 2 aromatic carbocycles. The molecule has 0 aliphatic heterocycles. The predicted octanol–water partition coefficient (Wildman–Crippen LogP) is 6.88. The minimum atomic E-state index is 0.166. The van der Waals surface area contributed by atoms with Crippen LogP contribution in [0, 0.1) is 6.92 Å². The Balaban J connectivity index is 1.89. The molecule has 0 heterocycles. The van der Waals surface area contributed by atoms with Gasteiger partial charge in [-0.05, 0) is 93.3 Å². The van der Waals surface area contributed by atoms with Crippen molar-refractivity contribution in [2.75, 3.05) is 0 Å². The molecule has 0 unspecified atom stereocenters. The lowest BCUT2D eigenvalue weighted by molar-refractivity contribution is 0.242. The maximum atomic E-state index is 5.73. The molecule has 0 saturated heterocycles. The Hall–Kier alpha value is -3.07. The molecular weight excluding hydrogens is 358 g/mol. The molecule has 0 aliphatic carbocycles. The average molecular weight is 390 g/mol. The fraction of sp³-hybridized carbons (Fsp3) is 0.269. The molecule has 0 saturated carbocycles. The maximum Gasteiger partial charge on any atom is 0.119 e. The Morgan fingerprint density at radius 1 is 0.931 bits per heavy atom. The van der Waals surface area contributed by atoms with Crippen molar-refractivity contribution >= 4 is 17.9 Å². The predicted molar refractivity (Wildman–Crippen MR) is 125 cm³/mol. The van der Waals surface area contributed by atoms with Gasteiger partial charge in [-0.25, -0.2) is 0 Å². The Morgan fingerprint density at radius 3 is 2.17 bits per heavy atom. The van der Waals surface area contributed by atoms with Gasteiger partial charge in [0.05, 0.1) is 12.2 Å². The minimum Gasteiger partial charge on any atom is -0.491 e. The van der Waals surface area contributed by atoms with Gasteiger partial charge in [0.2, 0.25) is 0 Å². The van der Waals surface area contributed by atoms with Crippen molar-refractivity contribution < 1.29 is 9.47 Å². The second-order valence-electron chi connectivity index (χ2n) is 7.38. The fourth-order valence-electron chi connectivity index (χ4n) is 2.75. The zero-order valence-electron chi connectivity index (χ0n) is 18.1. The number of aryl methyl sites for hydroxylation is 1. The third-order valence-corrected chi connectivity index (χ3v) is 3.99. The SMILES string of the molecule is C=C(\C=C/C=N\C=C\c1ccc(OC(C)C)cc1)c1ccc(OC(C)C)cc1C. The summed E-state index contributed by atoms with van der Waals surface area (Å²) < 4.78 is 11.4. The second-order valence-corrected chi connectivity index (χ2v) is 7.38. The van der Waals surface area contributed by atoms with E-state index >= 15 is 0 Å². The van der Waals surface area contributed by atoms with E-state index in [1.54, 1.807) is 12.4 Å². The standard InChI is InChI=1S/C26H31NO2/c1-19(2)28-24-11-9-23(10-12-24)15-17-27-16-7-8-21(5)26-14-13-25(18-22(26)6)29-20(3)4/h7-20H,5H2,1-4,6H3/b8-7-,17-15+,27-16-. The van der Waals surface area contributed by atoms with Crippen molar-refractivity contribution in [2.24, 2.45) is 4.99 Å². The number of nitrogens with zero attached hydrogens (tertiary/aromatic N) is 1. The topological polar surface area (TPSA) is 30.8 Å². The first-order valence-corrected chi connectivity index (χ1v) is 9.95. The van der Waals surface area contributed by atoms with Crippen LogP contribution in [-0.2, 0) is 0 Å². The van der Waals surface area contributed by atoms with Gasteiger partial charge in [-0.1, -0.05) is 30.9 Å². The van der Waals surface area contributed by atoms with Crippen LogP contribution in [0.15, 0.2) is 72.4 Å². The number of hydrogen-bond acceptors (Lipinski definition) is 3. The fourth-order valence-corrected chi connectivity index (χ4v) is 2.75. The highest BCUT2D eigenvalue weighted by molar-refractivity contribution is 5.81. The summed E-state index contributed by atoms with van der Waals surface area (Å²) >= 11 is 0. The van der Waals surface area contributed by atoms with Crippen molar-refractivity contribution in [3.8, 4) is 11.5 Å². The molecular formula is C26H31NO2. The summed E-state index contributed by atoms with van der Waals surface area (Å²) in [4.78, 5) is 4.29. The van der Waals surface area contributed by atoms with E-state index in [4.69, 9.17) is 9.47 Å². The first-order chi connectivity index (χ1) is 13.8. The molecule has 0 spiro atoms. The van der Waals surface area contributed by atoms with Crippen molar-refractivity contribution in [1.29, 1.82) is 0 Å². The normalized spacial score (nSPS) is 12.0. The van der Waals surface area contributed by atoms with Gasteiger partial charge in [0, 0.05) is 12.4 Å². The summed E-state index contributed by atoms with van der Waals surface area (Å²) in [6, 6.07) is 14.0. The molecule has 0 bridgehead atoms. The van der Waals surface area contributed by atoms with Gasteiger partial charge in [-0.15, -0.1) is 0 Å². The molecule has 0 N–H and O–H groups in total. The largest absolute Gasteiger partial charge is 0.491 e. The van der Waals surface area contributed by atoms with E-state index < -0.39 is 0 Å². The first-order valence-electron chi connectivity index (χ1n) is 9.95. The van der Waals surface area contributed by atoms with Gasteiger partial charge >= 0.3 is 0 Å². The molecule has 0 aromatic heterocycles. The molecule has 2 aromatic rings. The smallest absolute Gasteiger partial charge is 0.119 e. The van der Waals surface area contributed by atoms with Gasteiger partial charge in [0.15, 0.2) is 0 Å². The summed E-state index contributed by atoms with van der Waals surface area (Å²) in [5.41, 5.74) is 4.25. The third-order valence-electron chi connectivity index (χ3n) is 3.99. The van der Waals surface area contributed by atoms with E-state index in [-0.39, 0.29) is 12.2 Å². The van der Waals surface area contributed by atoms with E-state index in [0.29, 0.717) is 0 Å². The second kappa shape index (κ2) is 11.1. The number of rotatable bonds is 9. The van der Waals surface area contributed by atoms with E-state index in [1.165, 1.54) is 0 Å². The Kier molecular flexibility index (Phi) is 8.47. The van der Waals surface area contributed by atoms with Crippen LogP contribution < -0.4 is 9.47 Å². The monoisotopic (exact) mass is 389 g/mol. The quantitative estimate of drug-likeness (QED) is 0.346. The molecule has 0 aliphatic rings. The number of aliphatic imine (C=N–C) groups is 1. The van der Waals surface area contributed by atoms with Gasteiger partial charge in [0.1, 0.15) is 11.5 Å². The summed E-state index contributed by atoms with van der Waals surface area (Å²) in [5, 5.41) is 0. The molecule has 0 fully saturated rings. The van der Waals surface area contributed by atoms with E-state index in [1.807, 2.05) is 88.4 Å². The molecule has 0 radical (unpaired) electrons. The summed E-state index contributed by atoms with van der Waals surface area (Å²) in [6.45, 7) is 14.3. The van der Waals surface area contributed by atoms with Crippen molar-refractivity contribution in [2.45, 2.75) is 46.8 Å². The van der Waals surface area contributed by atoms with Crippen LogP contribution in [0.2, 0.25) is 0 Å². The molecule has 29 heavy (non-hydrogen) atoms. The zero-order chi connectivity index (χ0) is 21.2. The molecule has 3 nitrogen and oxygen atoms in total. The van der Waals surface area contributed by atoms with Crippen LogP contribution >= 0.6 is 0 Å².